The number of aliphatic hydroxyl groups excluding tert-OH is 2. The van der Waals surface area contributed by atoms with Crippen molar-refractivity contribution in [3.8, 4) is 22.9 Å². The van der Waals surface area contributed by atoms with Crippen molar-refractivity contribution in [2.45, 2.75) is 9.79 Å². The maximum Gasteiger partial charge on any atom is 0.315 e. The monoisotopic (exact) mass is 526 g/mol. The van der Waals surface area contributed by atoms with Crippen LogP contribution in [0.5, 0.6) is 11.5 Å². The summed E-state index contributed by atoms with van der Waals surface area (Å²) >= 11 is 0. The summed E-state index contributed by atoms with van der Waals surface area (Å²) in [5.41, 5.74) is 0.146. The second kappa shape index (κ2) is 12.4. The second-order valence-electron chi connectivity index (χ2n) is 7.09. The lowest BCUT2D eigenvalue weighted by atomic mass is 10.3. The smallest absolute Gasteiger partial charge is 0.315 e. The van der Waals surface area contributed by atoms with E-state index in [1.165, 1.54) is 21.8 Å². The zero-order chi connectivity index (χ0) is 25.3. The van der Waals surface area contributed by atoms with Gasteiger partial charge in [0.15, 0.2) is 0 Å². The van der Waals surface area contributed by atoms with E-state index in [1.807, 2.05) is 12.1 Å². The summed E-state index contributed by atoms with van der Waals surface area (Å²) in [7, 11) is 2.26. The van der Waals surface area contributed by atoms with Crippen LogP contribution in [0, 0.1) is 0 Å². The Balaban J connectivity index is 1.67. The lowest BCUT2D eigenvalue weighted by Gasteiger charge is -2.14. The van der Waals surface area contributed by atoms with E-state index in [2.05, 4.69) is 10.2 Å². The Kier molecular flexibility index (Phi) is 8.79. The molecular formula is C24H22N4O6S2. The molecule has 0 radical (unpaired) electrons. The number of benzene rings is 2. The molecule has 36 heavy (non-hydrogen) atoms. The van der Waals surface area contributed by atoms with Crippen molar-refractivity contribution in [1.29, 1.82) is 0 Å². The summed E-state index contributed by atoms with van der Waals surface area (Å²) in [6, 6.07) is 17.8. The van der Waals surface area contributed by atoms with E-state index in [9.17, 15) is 19.8 Å². The Morgan fingerprint density at radius 2 is 1.06 bits per heavy atom. The first-order valence-corrected chi connectivity index (χ1v) is 13.0. The van der Waals surface area contributed by atoms with Gasteiger partial charge in [0.05, 0.1) is 46.8 Å². The van der Waals surface area contributed by atoms with Crippen molar-refractivity contribution in [2.24, 2.45) is 0 Å². The molecule has 186 valence electrons. The fourth-order valence-electron chi connectivity index (χ4n) is 3.12. The van der Waals surface area contributed by atoms with Crippen LogP contribution >= 0.6 is 21.6 Å². The minimum absolute atomic E-state index is 0.0174. The average Bonchev–Trinajstić information content (AvgIpc) is 2.92. The highest BCUT2D eigenvalue weighted by molar-refractivity contribution is 8.76. The molecule has 2 aromatic heterocycles. The number of rotatable bonds is 11. The lowest BCUT2D eigenvalue weighted by Crippen LogP contribution is -2.24. The Morgan fingerprint density at radius 1 is 0.667 bits per heavy atom. The van der Waals surface area contributed by atoms with Crippen LogP contribution in [0.15, 0.2) is 92.4 Å². The maximum atomic E-state index is 13.1. The quantitative estimate of drug-likeness (QED) is 0.281. The number of para-hydroxylation sites is 2. The van der Waals surface area contributed by atoms with Gasteiger partial charge in [-0.05, 0) is 45.9 Å². The summed E-state index contributed by atoms with van der Waals surface area (Å²) < 4.78 is 13.5. The number of hydrogen-bond donors (Lipinski definition) is 2. The van der Waals surface area contributed by atoms with Crippen LogP contribution in [0.3, 0.4) is 0 Å². The van der Waals surface area contributed by atoms with Gasteiger partial charge in [0, 0.05) is 0 Å². The van der Waals surface area contributed by atoms with Crippen LogP contribution in [0.4, 0.5) is 0 Å². The van der Waals surface area contributed by atoms with Crippen molar-refractivity contribution in [1.82, 2.24) is 19.6 Å². The van der Waals surface area contributed by atoms with E-state index in [4.69, 9.17) is 9.47 Å². The minimum atomic E-state index is -0.491. The van der Waals surface area contributed by atoms with E-state index in [-0.39, 0.29) is 37.9 Å². The van der Waals surface area contributed by atoms with E-state index < -0.39 is 11.1 Å². The summed E-state index contributed by atoms with van der Waals surface area (Å²) in [5, 5.41) is 27.0. The van der Waals surface area contributed by atoms with E-state index in [1.54, 1.807) is 48.5 Å². The van der Waals surface area contributed by atoms with Crippen LogP contribution in [0.25, 0.3) is 11.4 Å². The van der Waals surface area contributed by atoms with Gasteiger partial charge in [0.1, 0.15) is 13.2 Å². The lowest BCUT2D eigenvalue weighted by molar-refractivity contribution is 0.196. The van der Waals surface area contributed by atoms with Gasteiger partial charge in [-0.25, -0.2) is 0 Å². The molecule has 0 unspecified atom stereocenters. The molecule has 0 atom stereocenters. The first-order valence-electron chi connectivity index (χ1n) is 10.8. The SMILES string of the molecule is O=c1c(OCCO)c(SSc2cnn(-c3ccccc3)c(=O)c2OCCO)cnn1-c1ccccc1. The molecule has 0 amide bonds. The number of ether oxygens (including phenoxy) is 2. The van der Waals surface area contributed by atoms with Gasteiger partial charge in [0.2, 0.25) is 11.5 Å². The molecule has 0 saturated heterocycles. The molecule has 0 fully saturated rings. The number of aromatic nitrogens is 4. The van der Waals surface area contributed by atoms with Gasteiger partial charge < -0.3 is 19.7 Å². The van der Waals surface area contributed by atoms with Crippen LogP contribution < -0.4 is 20.6 Å². The molecule has 0 bridgehead atoms. The van der Waals surface area contributed by atoms with Gasteiger partial charge in [0.25, 0.3) is 0 Å². The fourth-order valence-corrected chi connectivity index (χ4v) is 5.18. The van der Waals surface area contributed by atoms with E-state index >= 15 is 0 Å². The Morgan fingerprint density at radius 3 is 1.42 bits per heavy atom. The van der Waals surface area contributed by atoms with Gasteiger partial charge in [-0.15, -0.1) is 0 Å². The van der Waals surface area contributed by atoms with Crippen molar-refractivity contribution < 1.29 is 19.7 Å². The highest BCUT2D eigenvalue weighted by Gasteiger charge is 2.19. The molecule has 10 nitrogen and oxygen atoms in total. The first kappa shape index (κ1) is 25.5. The Hall–Kier alpha value is -3.58. The Bertz CT molecular complexity index is 1310. The predicted octanol–water partition coefficient (Wildman–Crippen LogP) is 2.32. The zero-order valence-corrected chi connectivity index (χ0v) is 20.5. The molecule has 0 aliphatic carbocycles. The highest BCUT2D eigenvalue weighted by atomic mass is 33.1. The Labute approximate surface area is 213 Å². The van der Waals surface area contributed by atoms with Gasteiger partial charge in [-0.2, -0.15) is 19.6 Å². The fraction of sp³-hybridized carbons (Fsp3) is 0.167. The molecule has 0 aliphatic rings. The molecule has 0 aliphatic heterocycles. The molecule has 2 N–H and O–H groups in total. The second-order valence-corrected chi connectivity index (χ2v) is 9.30. The summed E-state index contributed by atoms with van der Waals surface area (Å²) in [6.45, 7) is -0.701. The molecular weight excluding hydrogens is 504 g/mol. The summed E-state index contributed by atoms with van der Waals surface area (Å²) in [6.07, 6.45) is 2.96. The van der Waals surface area contributed by atoms with Crippen molar-refractivity contribution in [2.75, 3.05) is 26.4 Å². The van der Waals surface area contributed by atoms with Crippen molar-refractivity contribution in [3.63, 3.8) is 0 Å². The first-order chi connectivity index (χ1) is 17.6. The molecule has 4 aromatic rings. The van der Waals surface area contributed by atoms with E-state index in [0.717, 1.165) is 21.6 Å². The van der Waals surface area contributed by atoms with Crippen LogP contribution in [0.1, 0.15) is 0 Å². The zero-order valence-electron chi connectivity index (χ0n) is 18.9. The van der Waals surface area contributed by atoms with Crippen molar-refractivity contribution in [3.05, 3.63) is 93.8 Å². The maximum absolute atomic E-state index is 13.1. The highest BCUT2D eigenvalue weighted by Crippen LogP contribution is 2.42. The molecule has 4 rings (SSSR count). The number of hydrogen-bond acceptors (Lipinski definition) is 10. The summed E-state index contributed by atoms with van der Waals surface area (Å²) in [4.78, 5) is 27.0. The van der Waals surface area contributed by atoms with Crippen LogP contribution in [-0.4, -0.2) is 56.2 Å². The van der Waals surface area contributed by atoms with Gasteiger partial charge >= 0.3 is 11.1 Å². The molecule has 2 heterocycles. The van der Waals surface area contributed by atoms with Crippen LogP contribution in [-0.2, 0) is 0 Å². The molecule has 2 aromatic carbocycles. The third-order valence-corrected chi connectivity index (χ3v) is 7.05. The van der Waals surface area contributed by atoms with E-state index in [0.29, 0.717) is 21.2 Å². The number of aliphatic hydroxyl groups is 2. The molecule has 0 saturated carbocycles. The third kappa shape index (κ3) is 5.79. The van der Waals surface area contributed by atoms with Crippen LogP contribution in [0.2, 0.25) is 0 Å². The predicted molar refractivity (Wildman–Crippen MR) is 137 cm³/mol. The third-order valence-electron chi connectivity index (χ3n) is 4.70. The molecule has 0 spiro atoms. The number of nitrogens with zero attached hydrogens (tertiary/aromatic N) is 4. The van der Waals surface area contributed by atoms with Gasteiger partial charge in [-0.1, -0.05) is 36.4 Å². The standard InChI is InChI=1S/C24H22N4O6S2/c29-11-13-33-21-19(15-25-27(23(21)31)17-7-3-1-4-8-17)35-36-20-16-26-28(18-9-5-2-6-10-18)24(32)22(20)34-14-12-30/h1-10,15-16,29-30H,11-14H2. The topological polar surface area (TPSA) is 129 Å². The van der Waals surface area contributed by atoms with Gasteiger partial charge in [-0.3, -0.25) is 9.59 Å². The summed E-state index contributed by atoms with van der Waals surface area (Å²) in [5.74, 6) is 0.0348. The minimum Gasteiger partial charge on any atom is -0.484 e. The average molecular weight is 527 g/mol. The molecule has 12 heteroatoms. The normalized spacial score (nSPS) is 10.8. The van der Waals surface area contributed by atoms with Crippen molar-refractivity contribution >= 4 is 21.6 Å². The largest absolute Gasteiger partial charge is 0.484 e.